The Kier molecular flexibility index (Phi) is 3.13. The van der Waals surface area contributed by atoms with Gasteiger partial charge in [0.05, 0.1) is 5.69 Å². The van der Waals surface area contributed by atoms with E-state index in [1.165, 1.54) is 6.20 Å². The van der Waals surface area contributed by atoms with Crippen LogP contribution in [-0.4, -0.2) is 12.1 Å². The largest absolute Gasteiger partial charge is 0.375 e. The summed E-state index contributed by atoms with van der Waals surface area (Å²) in [6.45, 7) is 0. The van der Waals surface area contributed by atoms with Crippen LogP contribution in [0.25, 0.3) is 16.5 Å². The predicted molar refractivity (Wildman–Crippen MR) is 62.7 cm³/mol. The number of carbonyl (C=O) groups is 2. The van der Waals surface area contributed by atoms with Crippen LogP contribution in [0.4, 0.5) is 15.3 Å². The summed E-state index contributed by atoms with van der Waals surface area (Å²) in [7, 11) is 0. The van der Waals surface area contributed by atoms with Gasteiger partial charge in [-0.15, -0.1) is 0 Å². The summed E-state index contributed by atoms with van der Waals surface area (Å²) in [6.07, 6.45) is 2.89. The lowest BCUT2D eigenvalue weighted by molar-refractivity contribution is 0.249. The van der Waals surface area contributed by atoms with Gasteiger partial charge in [-0.05, 0) is 23.2 Å². The van der Waals surface area contributed by atoms with Crippen molar-refractivity contribution in [2.24, 2.45) is 15.3 Å². The Bertz CT molecular complexity index is 579. The fourth-order valence-electron chi connectivity index (χ4n) is 1.36. The van der Waals surface area contributed by atoms with E-state index in [2.05, 4.69) is 20.3 Å². The molecule has 0 atom stereocenters. The van der Waals surface area contributed by atoms with Gasteiger partial charge in [-0.25, -0.2) is 14.5 Å². The summed E-state index contributed by atoms with van der Waals surface area (Å²) >= 11 is 0. The smallest absolute Gasteiger partial charge is 0.243 e. The summed E-state index contributed by atoms with van der Waals surface area (Å²) in [4.78, 5) is 25.9. The molecule has 0 aliphatic carbocycles. The molecule has 1 aliphatic heterocycles. The molecule has 0 bridgehead atoms. The Morgan fingerprint density at radius 2 is 1.78 bits per heavy atom. The average Bonchev–Trinajstić information content (AvgIpc) is 2.71. The Balaban J connectivity index is 2.20. The summed E-state index contributed by atoms with van der Waals surface area (Å²) in [5.41, 5.74) is 9.24. The number of azo groups is 1. The maximum atomic E-state index is 11.3. The number of anilines is 1. The Labute approximate surface area is 101 Å². The summed E-state index contributed by atoms with van der Waals surface area (Å²) in [5.74, 6) is 0. The fourth-order valence-corrected chi connectivity index (χ4v) is 1.36. The van der Waals surface area contributed by atoms with E-state index < -0.39 is 12.1 Å². The van der Waals surface area contributed by atoms with Gasteiger partial charge in [0.15, 0.2) is 0 Å². The first-order valence-electron chi connectivity index (χ1n) is 4.83. The van der Waals surface area contributed by atoms with Crippen molar-refractivity contribution in [3.05, 3.63) is 46.5 Å². The van der Waals surface area contributed by atoms with Gasteiger partial charge in [-0.1, -0.05) is 33.6 Å². The van der Waals surface area contributed by atoms with Crippen LogP contribution in [0.1, 0.15) is 5.56 Å². The van der Waals surface area contributed by atoms with Gasteiger partial charge in [-0.2, -0.15) is 0 Å². The Morgan fingerprint density at radius 3 is 2.33 bits per heavy atom. The van der Waals surface area contributed by atoms with Gasteiger partial charge in [-0.3, -0.25) is 0 Å². The van der Waals surface area contributed by atoms with E-state index in [0.29, 0.717) is 5.69 Å². The zero-order valence-electron chi connectivity index (χ0n) is 8.96. The Morgan fingerprint density at radius 1 is 1.17 bits per heavy atom. The van der Waals surface area contributed by atoms with Crippen molar-refractivity contribution in [2.45, 2.75) is 0 Å². The molecule has 0 radical (unpaired) electrons. The fraction of sp³-hybridized carbons (Fsp3) is 0. The molecular weight excluding hydrogens is 236 g/mol. The molecule has 88 valence electrons. The second-order valence-corrected chi connectivity index (χ2v) is 3.21. The molecule has 0 saturated heterocycles. The van der Waals surface area contributed by atoms with Crippen molar-refractivity contribution < 1.29 is 9.59 Å². The highest BCUT2D eigenvalue weighted by atomic mass is 16.2. The minimum absolute atomic E-state index is 0.385. The molecule has 2 rings (SSSR count). The summed E-state index contributed by atoms with van der Waals surface area (Å²) < 4.78 is 0. The first-order chi connectivity index (χ1) is 8.72. The Hall–Kier alpha value is -2.99. The third-order valence-corrected chi connectivity index (χ3v) is 2.14. The molecular formula is C10H6N6O2. The number of carbonyl (C=O) groups excluding carboxylic acids is 2. The van der Waals surface area contributed by atoms with E-state index in [-0.39, 0.29) is 0 Å². The molecule has 0 unspecified atom stereocenters. The molecule has 1 aliphatic rings. The van der Waals surface area contributed by atoms with Crippen LogP contribution in [0, 0.1) is 0 Å². The van der Waals surface area contributed by atoms with Crippen LogP contribution >= 0.6 is 0 Å². The number of amides is 4. The molecule has 8 heteroatoms. The number of imide groups is 1. The van der Waals surface area contributed by atoms with Crippen molar-refractivity contribution in [2.75, 3.05) is 4.90 Å². The van der Waals surface area contributed by atoms with Crippen LogP contribution in [-0.2, 0) is 0 Å². The number of benzene rings is 1. The highest BCUT2D eigenvalue weighted by Gasteiger charge is 2.28. The average molecular weight is 242 g/mol. The summed E-state index contributed by atoms with van der Waals surface area (Å²) in [5, 5.41) is 9.55. The minimum atomic E-state index is -0.711. The van der Waals surface area contributed by atoms with Gasteiger partial charge in [0.25, 0.3) is 0 Å². The molecule has 8 nitrogen and oxygen atoms in total. The maximum Gasteiger partial charge on any atom is 0.375 e. The summed E-state index contributed by atoms with van der Waals surface area (Å²) in [6, 6.07) is 5.05. The lowest BCUT2D eigenvalue weighted by Crippen LogP contribution is -2.27. The normalized spacial score (nSPS) is 14.3. The molecule has 0 aromatic heterocycles. The van der Waals surface area contributed by atoms with E-state index >= 15 is 0 Å². The van der Waals surface area contributed by atoms with Gasteiger partial charge < -0.3 is 0 Å². The second kappa shape index (κ2) is 4.89. The predicted octanol–water partition coefficient (Wildman–Crippen LogP) is 3.48. The molecule has 4 amide bonds. The number of rotatable bonds is 3. The SMILES string of the molecule is [N-]=[N+]=N/C=C/c1ccc(N2C(=O)N=NC2=O)cc1. The second-order valence-electron chi connectivity index (χ2n) is 3.21. The monoisotopic (exact) mass is 242 g/mol. The molecule has 1 heterocycles. The molecule has 1 aromatic carbocycles. The lowest BCUT2D eigenvalue weighted by atomic mass is 10.2. The molecule has 18 heavy (non-hydrogen) atoms. The van der Waals surface area contributed by atoms with Gasteiger partial charge in [0.2, 0.25) is 0 Å². The minimum Gasteiger partial charge on any atom is -0.243 e. The molecule has 0 N–H and O–H groups in total. The van der Waals surface area contributed by atoms with Crippen molar-refractivity contribution >= 4 is 23.8 Å². The van der Waals surface area contributed by atoms with Gasteiger partial charge in [0.1, 0.15) is 0 Å². The van der Waals surface area contributed by atoms with Crippen molar-refractivity contribution in [1.29, 1.82) is 0 Å². The highest BCUT2D eigenvalue weighted by Crippen LogP contribution is 2.21. The van der Waals surface area contributed by atoms with Gasteiger partial charge >= 0.3 is 12.1 Å². The number of hydrogen-bond donors (Lipinski definition) is 0. The van der Waals surface area contributed by atoms with Crippen molar-refractivity contribution in [3.8, 4) is 0 Å². The van der Waals surface area contributed by atoms with Crippen LogP contribution in [0.15, 0.2) is 45.8 Å². The van der Waals surface area contributed by atoms with Crippen LogP contribution in [0.2, 0.25) is 0 Å². The lowest BCUT2D eigenvalue weighted by Gasteiger charge is -2.10. The standard InChI is InChI=1S/C10H6N6O2/c11-15-12-6-5-7-1-3-8(4-2-7)16-9(17)13-14-10(16)18/h1-6H/b6-5+. The van der Waals surface area contributed by atoms with Crippen LogP contribution in [0.3, 0.4) is 0 Å². The van der Waals surface area contributed by atoms with E-state index in [4.69, 9.17) is 5.53 Å². The zero-order chi connectivity index (χ0) is 13.0. The third kappa shape index (κ3) is 2.23. The molecule has 0 saturated carbocycles. The zero-order valence-corrected chi connectivity index (χ0v) is 8.96. The van der Waals surface area contributed by atoms with E-state index in [1.54, 1.807) is 30.3 Å². The molecule has 1 aromatic rings. The maximum absolute atomic E-state index is 11.3. The molecule has 0 spiro atoms. The topological polar surface area (TPSA) is 111 Å². The highest BCUT2D eigenvalue weighted by molar-refractivity contribution is 6.17. The first kappa shape index (κ1) is 11.5. The number of nitrogens with zero attached hydrogens (tertiary/aromatic N) is 6. The van der Waals surface area contributed by atoms with Crippen molar-refractivity contribution in [3.63, 3.8) is 0 Å². The van der Waals surface area contributed by atoms with E-state index in [1.807, 2.05) is 0 Å². The van der Waals surface area contributed by atoms with E-state index in [9.17, 15) is 9.59 Å². The first-order valence-corrected chi connectivity index (χ1v) is 4.83. The van der Waals surface area contributed by atoms with Crippen LogP contribution in [0.5, 0.6) is 0 Å². The van der Waals surface area contributed by atoms with Gasteiger partial charge in [0, 0.05) is 11.1 Å². The number of azide groups is 1. The van der Waals surface area contributed by atoms with Crippen LogP contribution < -0.4 is 4.90 Å². The third-order valence-electron chi connectivity index (χ3n) is 2.14. The van der Waals surface area contributed by atoms with Crippen molar-refractivity contribution in [1.82, 2.24) is 0 Å². The number of hydrogen-bond acceptors (Lipinski definition) is 3. The number of urea groups is 2. The molecule has 0 fully saturated rings. The van der Waals surface area contributed by atoms with E-state index in [0.717, 1.165) is 10.5 Å². The quantitative estimate of drug-likeness (QED) is 0.459.